The summed E-state index contributed by atoms with van der Waals surface area (Å²) in [7, 11) is -4.96. The Morgan fingerprint density at radius 2 is 1.97 bits per heavy atom. The van der Waals surface area contributed by atoms with Crippen molar-refractivity contribution in [1.29, 1.82) is 0 Å². The van der Waals surface area contributed by atoms with Crippen LogP contribution in [-0.4, -0.2) is 90.7 Å². The van der Waals surface area contributed by atoms with Crippen LogP contribution in [0, 0.1) is 5.92 Å². The van der Waals surface area contributed by atoms with Crippen molar-refractivity contribution in [1.82, 2.24) is 23.6 Å². The zero-order valence-corrected chi connectivity index (χ0v) is 19.2. The van der Waals surface area contributed by atoms with Gasteiger partial charge in [-0.1, -0.05) is 0 Å². The van der Waals surface area contributed by atoms with E-state index in [-0.39, 0.29) is 17.4 Å². The van der Waals surface area contributed by atoms with Gasteiger partial charge in [0.15, 0.2) is 0 Å². The molecule has 1 aliphatic carbocycles. The molecule has 1 N–H and O–H groups in total. The number of anilines is 1. The van der Waals surface area contributed by atoms with E-state index in [9.17, 15) is 16.8 Å². The van der Waals surface area contributed by atoms with Gasteiger partial charge in [0, 0.05) is 39.4 Å². The van der Waals surface area contributed by atoms with Gasteiger partial charge in [-0.2, -0.15) is 17.0 Å². The molecule has 0 amide bonds. The molecule has 0 bridgehead atoms. The van der Waals surface area contributed by atoms with Crippen LogP contribution in [0.15, 0.2) is 18.6 Å². The van der Waals surface area contributed by atoms with Gasteiger partial charge >= 0.3 is 0 Å². The first kappa shape index (κ1) is 21.1. The van der Waals surface area contributed by atoms with Crippen LogP contribution in [0.1, 0.15) is 25.7 Å². The van der Waals surface area contributed by atoms with Crippen LogP contribution in [0.25, 0.3) is 11.0 Å². The Morgan fingerprint density at radius 1 is 1.23 bits per heavy atom. The number of fused-ring (bicyclic) bond motifs is 1. The second kappa shape index (κ2) is 7.39. The average Bonchev–Trinajstić information content (AvgIpc) is 3.30. The summed E-state index contributed by atoms with van der Waals surface area (Å²) in [5.74, 6) is 1.23. The van der Waals surface area contributed by atoms with Crippen LogP contribution < -0.4 is 4.90 Å². The number of H-pyrrole nitrogens is 1. The maximum Gasteiger partial charge on any atom is 0.282 e. The van der Waals surface area contributed by atoms with Crippen LogP contribution in [0.4, 0.5) is 5.82 Å². The summed E-state index contributed by atoms with van der Waals surface area (Å²) in [6, 6.07) is 1.95. The van der Waals surface area contributed by atoms with Gasteiger partial charge < -0.3 is 9.88 Å². The van der Waals surface area contributed by atoms with Crippen LogP contribution in [0.3, 0.4) is 0 Å². The highest BCUT2D eigenvalue weighted by Gasteiger charge is 2.56. The maximum absolute atomic E-state index is 13.4. The fourth-order valence-electron chi connectivity index (χ4n) is 4.91. The van der Waals surface area contributed by atoms with E-state index in [0.29, 0.717) is 39.0 Å². The maximum atomic E-state index is 13.4. The number of nitrogens with zero attached hydrogens (tertiary/aromatic N) is 5. The van der Waals surface area contributed by atoms with E-state index in [1.54, 1.807) is 11.4 Å². The fourth-order valence-corrected chi connectivity index (χ4v) is 8.28. The summed E-state index contributed by atoms with van der Waals surface area (Å²) >= 11 is 0. The molecule has 4 heterocycles. The molecule has 170 valence electrons. The Morgan fingerprint density at radius 3 is 2.68 bits per heavy atom. The van der Waals surface area contributed by atoms with Gasteiger partial charge in [0.2, 0.25) is 0 Å². The largest absolute Gasteiger partial charge is 0.353 e. The van der Waals surface area contributed by atoms with E-state index in [4.69, 9.17) is 0 Å². The van der Waals surface area contributed by atoms with Crippen molar-refractivity contribution in [3.63, 3.8) is 0 Å². The Balaban J connectivity index is 1.31. The summed E-state index contributed by atoms with van der Waals surface area (Å²) < 4.78 is 53.3. The van der Waals surface area contributed by atoms with E-state index >= 15 is 0 Å². The summed E-state index contributed by atoms with van der Waals surface area (Å²) in [5.41, 5.74) is 0.383. The van der Waals surface area contributed by atoms with E-state index in [0.717, 1.165) is 29.7 Å². The molecular weight excluding hydrogens is 440 g/mol. The van der Waals surface area contributed by atoms with Crippen molar-refractivity contribution in [3.05, 3.63) is 18.6 Å². The predicted molar refractivity (Wildman–Crippen MR) is 118 cm³/mol. The summed E-state index contributed by atoms with van der Waals surface area (Å²) in [5, 5.41) is 0.943. The monoisotopic (exact) mass is 468 g/mol. The second-order valence-electron chi connectivity index (χ2n) is 9.04. The fraction of sp³-hybridized carbons (Fsp3) is 0.684. The number of rotatable bonds is 5. The van der Waals surface area contributed by atoms with E-state index in [1.807, 2.05) is 12.3 Å². The summed E-state index contributed by atoms with van der Waals surface area (Å²) in [6.45, 7) is 1.94. The Bertz CT molecular complexity index is 1180. The van der Waals surface area contributed by atoms with E-state index in [2.05, 4.69) is 19.9 Å². The topological polar surface area (TPSA) is 120 Å². The lowest BCUT2D eigenvalue weighted by atomic mass is 10.0. The third kappa shape index (κ3) is 3.83. The van der Waals surface area contributed by atoms with Gasteiger partial charge in [0.25, 0.3) is 10.2 Å². The quantitative estimate of drug-likeness (QED) is 0.683. The molecule has 1 spiro atoms. The lowest BCUT2D eigenvalue weighted by Gasteiger charge is -2.43. The predicted octanol–water partition coefficient (Wildman–Crippen LogP) is 0.614. The van der Waals surface area contributed by atoms with Crippen molar-refractivity contribution in [2.75, 3.05) is 49.6 Å². The smallest absolute Gasteiger partial charge is 0.282 e. The molecular formula is C19H28N6O4S2. The minimum absolute atomic E-state index is 0.0858. The van der Waals surface area contributed by atoms with E-state index in [1.165, 1.54) is 10.6 Å². The lowest BCUT2D eigenvalue weighted by molar-refractivity contribution is 0.243. The molecule has 12 heteroatoms. The summed E-state index contributed by atoms with van der Waals surface area (Å²) in [4.78, 5) is 14.0. The zero-order chi connectivity index (χ0) is 21.9. The molecule has 2 aromatic rings. The Hall–Kier alpha value is -1.76. The molecule has 5 rings (SSSR count). The number of hydrogen-bond donors (Lipinski definition) is 1. The Labute approximate surface area is 182 Å². The van der Waals surface area contributed by atoms with Gasteiger partial charge in [-0.3, -0.25) is 0 Å². The molecule has 2 aliphatic heterocycles. The van der Waals surface area contributed by atoms with Crippen molar-refractivity contribution >= 4 is 36.9 Å². The van der Waals surface area contributed by atoms with Crippen LogP contribution in [0.5, 0.6) is 0 Å². The van der Waals surface area contributed by atoms with Gasteiger partial charge in [-0.15, -0.1) is 0 Å². The zero-order valence-electron chi connectivity index (χ0n) is 17.6. The molecule has 2 saturated heterocycles. The normalized spacial score (nSPS) is 24.3. The number of sulfone groups is 1. The molecule has 0 radical (unpaired) electrons. The van der Waals surface area contributed by atoms with Crippen molar-refractivity contribution in [2.24, 2.45) is 5.92 Å². The average molecular weight is 469 g/mol. The third-order valence-electron chi connectivity index (χ3n) is 6.91. The SMILES string of the molecule is CN(CC1CCS(=O)(=O)CC1)S(=O)(=O)N1CCN(c2ncnc3[nH]ccc23)CC12CC2. The van der Waals surface area contributed by atoms with Crippen molar-refractivity contribution in [3.8, 4) is 0 Å². The van der Waals surface area contributed by atoms with Gasteiger partial charge in [0.1, 0.15) is 27.6 Å². The van der Waals surface area contributed by atoms with E-state index < -0.39 is 25.6 Å². The molecule has 3 aliphatic rings. The summed E-state index contributed by atoms with van der Waals surface area (Å²) in [6.07, 6.45) is 6.10. The number of hydrogen-bond acceptors (Lipinski definition) is 7. The van der Waals surface area contributed by atoms with Crippen LogP contribution in [0.2, 0.25) is 0 Å². The molecule has 2 aromatic heterocycles. The molecule has 31 heavy (non-hydrogen) atoms. The highest BCUT2D eigenvalue weighted by atomic mass is 32.2. The number of aromatic nitrogens is 3. The second-order valence-corrected chi connectivity index (χ2v) is 13.3. The highest BCUT2D eigenvalue weighted by molar-refractivity contribution is 7.91. The first-order valence-electron chi connectivity index (χ1n) is 10.7. The lowest BCUT2D eigenvalue weighted by Crippen LogP contribution is -2.60. The highest BCUT2D eigenvalue weighted by Crippen LogP contribution is 2.47. The molecule has 1 saturated carbocycles. The number of nitrogens with one attached hydrogen (secondary N) is 1. The molecule has 0 atom stereocenters. The molecule has 3 fully saturated rings. The van der Waals surface area contributed by atoms with Crippen LogP contribution in [-0.2, 0) is 20.0 Å². The standard InChI is InChI=1S/C19H28N6O4S2/c1-23(12-15-3-10-30(26,27)11-4-15)31(28,29)25-9-8-24(13-19(25)5-6-19)18-16-2-7-20-17(16)21-14-22-18/h2,7,14-15H,3-6,8-13H2,1H3,(H,20,21,22). The minimum atomic E-state index is -3.62. The molecule has 0 aromatic carbocycles. The van der Waals surface area contributed by atoms with Gasteiger partial charge in [-0.25, -0.2) is 18.4 Å². The molecule has 0 unspecified atom stereocenters. The van der Waals surface area contributed by atoms with Crippen LogP contribution >= 0.6 is 0 Å². The molecule has 10 nitrogen and oxygen atoms in total. The third-order valence-corrected chi connectivity index (χ3v) is 10.7. The minimum Gasteiger partial charge on any atom is -0.353 e. The first-order valence-corrected chi connectivity index (χ1v) is 13.9. The van der Waals surface area contributed by atoms with Gasteiger partial charge in [-0.05, 0) is 37.7 Å². The first-order chi connectivity index (χ1) is 14.7. The van der Waals surface area contributed by atoms with Crippen molar-refractivity contribution < 1.29 is 16.8 Å². The van der Waals surface area contributed by atoms with Gasteiger partial charge in [0.05, 0.1) is 22.4 Å². The Kier molecular flexibility index (Phi) is 5.03. The number of aromatic amines is 1. The number of piperazine rings is 1. The van der Waals surface area contributed by atoms with Crippen molar-refractivity contribution in [2.45, 2.75) is 31.2 Å².